The topological polar surface area (TPSA) is 82.5 Å². The largest absolute Gasteiger partial charge is 0.473 e. The molecule has 2 fully saturated rings. The molecule has 0 saturated carbocycles. The van der Waals surface area contributed by atoms with Gasteiger partial charge in [0, 0.05) is 40.6 Å². The Morgan fingerprint density at radius 2 is 1.15 bits per heavy atom. The van der Waals surface area contributed by atoms with E-state index in [1.807, 2.05) is 45.9 Å². The summed E-state index contributed by atoms with van der Waals surface area (Å²) in [6.45, 7) is 11.2. The molecule has 12 heteroatoms. The Morgan fingerprint density at radius 1 is 0.660 bits per heavy atom. The summed E-state index contributed by atoms with van der Waals surface area (Å²) in [7, 11) is 2.12. The van der Waals surface area contributed by atoms with Gasteiger partial charge in [0.1, 0.15) is 23.6 Å². The standard InChI is InChI=1S/C18H21Cl2N3O.C17H18Cl2N2O2/c1-11-17(15-7-6-13(19)9-16(15)20)21-12(2)18(22-11)24-14-5-4-8-23(3)10-14;1-10-16(14-4-3-12(18)9-15(14)19)20-11(2)17(21-10)23-13-5-7-22-8-6-13/h6-7,9,14H,4-5,8,10H2,1-3H3;3-4,9,13H,5-8H2,1-2H3. The molecule has 0 N–H and O–H groups in total. The van der Waals surface area contributed by atoms with Crippen LogP contribution in [0.2, 0.25) is 20.1 Å². The molecular formula is C35H39Cl4N5O3. The number of likely N-dealkylation sites (N-methyl/N-ethyl adjacent to an activating group) is 1. The van der Waals surface area contributed by atoms with E-state index in [1.165, 1.54) is 0 Å². The van der Waals surface area contributed by atoms with Crippen molar-refractivity contribution in [1.82, 2.24) is 24.8 Å². The van der Waals surface area contributed by atoms with Crippen LogP contribution < -0.4 is 9.47 Å². The zero-order valence-electron chi connectivity index (χ0n) is 27.2. The molecule has 4 aromatic rings. The van der Waals surface area contributed by atoms with Crippen molar-refractivity contribution in [1.29, 1.82) is 0 Å². The molecule has 6 rings (SSSR count). The van der Waals surface area contributed by atoms with Gasteiger partial charge in [0.05, 0.1) is 46.0 Å². The molecule has 47 heavy (non-hydrogen) atoms. The maximum absolute atomic E-state index is 6.31. The molecule has 0 aliphatic carbocycles. The quantitative estimate of drug-likeness (QED) is 0.195. The molecule has 2 aromatic heterocycles. The Morgan fingerprint density at radius 3 is 1.62 bits per heavy atom. The summed E-state index contributed by atoms with van der Waals surface area (Å²) in [5, 5.41) is 2.34. The summed E-state index contributed by atoms with van der Waals surface area (Å²) >= 11 is 24.5. The van der Waals surface area contributed by atoms with Crippen LogP contribution in [-0.2, 0) is 4.74 Å². The number of hydrogen-bond donors (Lipinski definition) is 0. The van der Waals surface area contributed by atoms with Crippen molar-refractivity contribution in [2.45, 2.75) is 65.6 Å². The van der Waals surface area contributed by atoms with Gasteiger partial charge >= 0.3 is 0 Å². The zero-order valence-corrected chi connectivity index (χ0v) is 30.3. The van der Waals surface area contributed by atoms with Gasteiger partial charge in [-0.3, -0.25) is 0 Å². The lowest BCUT2D eigenvalue weighted by atomic mass is 10.1. The molecular weight excluding hydrogens is 680 g/mol. The van der Waals surface area contributed by atoms with Gasteiger partial charge in [-0.05, 0) is 90.5 Å². The third-order valence-corrected chi connectivity index (χ3v) is 9.18. The molecule has 4 heterocycles. The Balaban J connectivity index is 0.000000185. The molecule has 2 aliphatic rings. The summed E-state index contributed by atoms with van der Waals surface area (Å²) in [6, 6.07) is 10.8. The lowest BCUT2D eigenvalue weighted by Crippen LogP contribution is -2.38. The highest BCUT2D eigenvalue weighted by Crippen LogP contribution is 2.34. The van der Waals surface area contributed by atoms with Crippen LogP contribution in [0.3, 0.4) is 0 Å². The van der Waals surface area contributed by atoms with E-state index in [1.54, 1.807) is 18.2 Å². The van der Waals surface area contributed by atoms with Crippen LogP contribution in [0, 0.1) is 27.7 Å². The minimum absolute atomic E-state index is 0.140. The molecule has 2 aliphatic heterocycles. The van der Waals surface area contributed by atoms with Crippen molar-refractivity contribution in [2.75, 3.05) is 33.4 Å². The summed E-state index contributed by atoms with van der Waals surface area (Å²) in [5.74, 6) is 1.20. The number of halogens is 4. The SMILES string of the molecule is Cc1nc(-c2ccc(Cl)cc2Cl)c(C)nc1OC1CCCN(C)C1.Cc1nc(-c2ccc(Cl)cc2Cl)c(C)nc1OC1CCOCC1. The molecule has 1 atom stereocenters. The van der Waals surface area contributed by atoms with Gasteiger partial charge in [-0.25, -0.2) is 19.9 Å². The molecule has 0 spiro atoms. The summed E-state index contributed by atoms with van der Waals surface area (Å²) in [4.78, 5) is 20.9. The average Bonchev–Trinajstić information content (AvgIpc) is 3.02. The smallest absolute Gasteiger partial charge is 0.235 e. The highest BCUT2D eigenvalue weighted by molar-refractivity contribution is 6.37. The predicted molar refractivity (Wildman–Crippen MR) is 190 cm³/mol. The van der Waals surface area contributed by atoms with E-state index in [4.69, 9.17) is 60.6 Å². The number of piperidine rings is 1. The summed E-state index contributed by atoms with van der Waals surface area (Å²) in [6.07, 6.45) is 4.26. The predicted octanol–water partition coefficient (Wildman–Crippen LogP) is 9.17. The van der Waals surface area contributed by atoms with Gasteiger partial charge in [0.2, 0.25) is 11.8 Å². The lowest BCUT2D eigenvalue weighted by Gasteiger charge is -2.30. The van der Waals surface area contributed by atoms with Crippen molar-refractivity contribution in [3.63, 3.8) is 0 Å². The van der Waals surface area contributed by atoms with Crippen LogP contribution in [-0.4, -0.2) is 70.4 Å². The summed E-state index contributed by atoms with van der Waals surface area (Å²) < 4.78 is 17.5. The number of rotatable bonds is 6. The van der Waals surface area contributed by atoms with Crippen molar-refractivity contribution in [3.05, 3.63) is 79.3 Å². The van der Waals surface area contributed by atoms with Crippen molar-refractivity contribution >= 4 is 46.4 Å². The third kappa shape index (κ3) is 9.25. The van der Waals surface area contributed by atoms with E-state index in [2.05, 4.69) is 31.9 Å². The first kappa shape index (κ1) is 35.6. The minimum Gasteiger partial charge on any atom is -0.473 e. The Labute approximate surface area is 296 Å². The van der Waals surface area contributed by atoms with Gasteiger partial charge < -0.3 is 19.1 Å². The highest BCUT2D eigenvalue weighted by atomic mass is 35.5. The molecule has 0 radical (unpaired) electrons. The maximum Gasteiger partial charge on any atom is 0.235 e. The fourth-order valence-corrected chi connectivity index (χ4v) is 6.58. The number of nitrogens with zero attached hydrogens (tertiary/aromatic N) is 5. The van der Waals surface area contributed by atoms with Crippen molar-refractivity contribution in [3.8, 4) is 34.3 Å². The first-order valence-electron chi connectivity index (χ1n) is 15.7. The Hall–Kier alpha value is -2.72. The fourth-order valence-electron chi connectivity index (χ4n) is 5.59. The maximum atomic E-state index is 6.31. The average molecular weight is 720 g/mol. The lowest BCUT2D eigenvalue weighted by molar-refractivity contribution is 0.0232. The molecule has 0 amide bonds. The fraction of sp³-hybridized carbons (Fsp3) is 0.429. The zero-order chi connectivity index (χ0) is 33.7. The van der Waals surface area contributed by atoms with Crippen molar-refractivity contribution < 1.29 is 14.2 Å². The number of aromatic nitrogens is 4. The number of aryl methyl sites for hydroxylation is 4. The van der Waals surface area contributed by atoms with Crippen LogP contribution in [0.15, 0.2) is 36.4 Å². The second kappa shape index (κ2) is 16.1. The minimum atomic E-state index is 0.140. The van der Waals surface area contributed by atoms with Gasteiger partial charge in [0.15, 0.2) is 0 Å². The number of hydrogen-bond acceptors (Lipinski definition) is 8. The van der Waals surface area contributed by atoms with E-state index in [0.717, 1.165) is 97.3 Å². The van der Waals surface area contributed by atoms with Crippen LogP contribution in [0.5, 0.6) is 11.8 Å². The first-order chi connectivity index (χ1) is 22.5. The third-order valence-electron chi connectivity index (χ3n) is 8.08. The van der Waals surface area contributed by atoms with E-state index < -0.39 is 0 Å². The van der Waals surface area contributed by atoms with E-state index >= 15 is 0 Å². The Kier molecular flexibility index (Phi) is 12.2. The first-order valence-corrected chi connectivity index (χ1v) is 17.2. The molecule has 2 aromatic carbocycles. The van der Waals surface area contributed by atoms with Gasteiger partial charge in [-0.15, -0.1) is 0 Å². The normalized spacial score (nSPS) is 17.2. The molecule has 0 bridgehead atoms. The van der Waals surface area contributed by atoms with E-state index in [-0.39, 0.29) is 12.2 Å². The van der Waals surface area contributed by atoms with Gasteiger partial charge in [-0.2, -0.15) is 0 Å². The molecule has 2 saturated heterocycles. The van der Waals surface area contributed by atoms with Crippen LogP contribution in [0.25, 0.3) is 22.5 Å². The van der Waals surface area contributed by atoms with Gasteiger partial charge in [-0.1, -0.05) is 46.4 Å². The van der Waals surface area contributed by atoms with Crippen molar-refractivity contribution in [2.24, 2.45) is 0 Å². The Bertz CT molecular complexity index is 1720. The monoisotopic (exact) mass is 717 g/mol. The highest BCUT2D eigenvalue weighted by Gasteiger charge is 2.22. The molecule has 250 valence electrons. The second-order valence-electron chi connectivity index (χ2n) is 11.9. The number of likely N-dealkylation sites (tertiary alicyclic amines) is 1. The molecule has 1 unspecified atom stereocenters. The van der Waals surface area contributed by atoms with Crippen LogP contribution in [0.1, 0.15) is 48.5 Å². The number of ether oxygens (including phenoxy) is 3. The molecule has 8 nitrogen and oxygen atoms in total. The summed E-state index contributed by atoms with van der Waals surface area (Å²) in [5.41, 5.74) is 6.27. The van der Waals surface area contributed by atoms with E-state index in [9.17, 15) is 0 Å². The van der Waals surface area contributed by atoms with Crippen LogP contribution >= 0.6 is 46.4 Å². The van der Waals surface area contributed by atoms with Crippen LogP contribution in [0.4, 0.5) is 0 Å². The second-order valence-corrected chi connectivity index (χ2v) is 13.6. The van der Waals surface area contributed by atoms with E-state index in [0.29, 0.717) is 31.9 Å². The van der Waals surface area contributed by atoms with Gasteiger partial charge in [0.25, 0.3) is 0 Å². The number of benzene rings is 2.